The summed E-state index contributed by atoms with van der Waals surface area (Å²) in [5.74, 6) is 0.00211. The molecule has 2 aromatic rings. The average Bonchev–Trinajstić information content (AvgIpc) is 3.10. The molecule has 4 atom stereocenters. The van der Waals surface area contributed by atoms with E-state index in [2.05, 4.69) is 41.8 Å². The molecule has 7 nitrogen and oxygen atoms in total. The van der Waals surface area contributed by atoms with Gasteiger partial charge in [0.2, 0.25) is 10.0 Å². The van der Waals surface area contributed by atoms with Gasteiger partial charge >= 0.3 is 0 Å². The van der Waals surface area contributed by atoms with E-state index in [9.17, 15) is 18.3 Å². The highest BCUT2D eigenvalue weighted by Crippen LogP contribution is 2.52. The fraction of sp³-hybridized carbons (Fsp3) is 0.485. The van der Waals surface area contributed by atoms with Gasteiger partial charge in [-0.25, -0.2) is 13.1 Å². The van der Waals surface area contributed by atoms with E-state index in [1.165, 1.54) is 17.2 Å². The van der Waals surface area contributed by atoms with Crippen molar-refractivity contribution in [3.8, 4) is 5.75 Å². The van der Waals surface area contributed by atoms with E-state index in [1.54, 1.807) is 24.3 Å². The predicted octanol–water partition coefficient (Wildman–Crippen LogP) is 5.80. The van der Waals surface area contributed by atoms with Gasteiger partial charge in [-0.15, -0.1) is 13.2 Å². The van der Waals surface area contributed by atoms with Crippen LogP contribution in [0, 0.1) is 11.3 Å². The number of anilines is 1. The molecule has 0 radical (unpaired) electrons. The number of allylic oxidation sites excluding steroid dienone is 1. The minimum Gasteiger partial charge on any atom is -0.490 e. The van der Waals surface area contributed by atoms with Crippen LogP contribution in [-0.2, 0) is 21.9 Å². The van der Waals surface area contributed by atoms with Crippen LogP contribution in [0.25, 0.3) is 0 Å². The number of rotatable bonds is 10. The maximum absolute atomic E-state index is 13.1. The molecule has 0 bridgehead atoms. The number of fused-ring (bicyclic) bond motifs is 3. The summed E-state index contributed by atoms with van der Waals surface area (Å²) in [5.41, 5.74) is 2.96. The Labute approximate surface area is 254 Å². The maximum atomic E-state index is 13.1. The number of ether oxygens (including phenoxy) is 1. The highest BCUT2D eigenvalue weighted by Gasteiger charge is 2.49. The van der Waals surface area contributed by atoms with E-state index < -0.39 is 22.0 Å². The summed E-state index contributed by atoms with van der Waals surface area (Å²) in [5, 5.41) is 11.7. The average molecular weight is 613 g/mol. The molecule has 1 unspecified atom stereocenters. The maximum Gasteiger partial charge on any atom is 0.264 e. The number of aliphatic hydroxyl groups excluding tert-OH is 1. The number of hydrogen-bond donors (Lipinski definition) is 2. The molecule has 1 spiro atoms. The van der Waals surface area contributed by atoms with E-state index in [1.807, 2.05) is 6.07 Å². The number of nitrogens with zero attached hydrogens (tertiary/aromatic N) is 1. The lowest BCUT2D eigenvalue weighted by Gasteiger charge is -2.52. The lowest BCUT2D eigenvalue weighted by Crippen LogP contribution is -2.53. The topological polar surface area (TPSA) is 95.9 Å². The van der Waals surface area contributed by atoms with Gasteiger partial charge in [0, 0.05) is 29.1 Å². The molecule has 3 aliphatic rings. The molecular weight excluding hydrogens is 572 g/mol. The summed E-state index contributed by atoms with van der Waals surface area (Å²) >= 11 is 6.38. The van der Waals surface area contributed by atoms with Crippen LogP contribution in [-0.4, -0.2) is 51.0 Å². The van der Waals surface area contributed by atoms with Crippen molar-refractivity contribution in [3.05, 3.63) is 83.4 Å². The van der Waals surface area contributed by atoms with Crippen LogP contribution in [0.4, 0.5) is 5.69 Å². The molecule has 1 fully saturated rings. The normalized spacial score (nSPS) is 25.7. The van der Waals surface area contributed by atoms with Crippen molar-refractivity contribution in [1.29, 1.82) is 0 Å². The molecule has 2 aromatic carbocycles. The fourth-order valence-corrected chi connectivity index (χ4v) is 8.15. The zero-order valence-electron chi connectivity index (χ0n) is 24.3. The monoisotopic (exact) mass is 612 g/mol. The summed E-state index contributed by atoms with van der Waals surface area (Å²) in [6.45, 7) is 11.4. The van der Waals surface area contributed by atoms with Gasteiger partial charge in [-0.3, -0.25) is 4.79 Å². The Morgan fingerprint density at radius 2 is 2.05 bits per heavy atom. The number of carbonyl (C=O) groups excluding carboxylic acids is 1. The molecule has 2 N–H and O–H groups in total. The van der Waals surface area contributed by atoms with E-state index in [0.29, 0.717) is 31.9 Å². The zero-order chi connectivity index (χ0) is 30.1. The number of amides is 1. The van der Waals surface area contributed by atoms with Gasteiger partial charge in [0.05, 0.1) is 24.2 Å². The van der Waals surface area contributed by atoms with Crippen LogP contribution in [0.1, 0.15) is 66.9 Å². The number of sulfonamides is 1. The summed E-state index contributed by atoms with van der Waals surface area (Å²) in [4.78, 5) is 15.4. The first-order valence-corrected chi connectivity index (χ1v) is 16.8. The highest BCUT2D eigenvalue weighted by molar-refractivity contribution is 7.90. The third kappa shape index (κ3) is 5.99. The summed E-state index contributed by atoms with van der Waals surface area (Å²) < 4.78 is 33.6. The smallest absolute Gasteiger partial charge is 0.264 e. The number of aliphatic hydroxyl groups is 1. The number of carbonyl (C=O) groups is 1. The quantitative estimate of drug-likeness (QED) is 0.329. The Morgan fingerprint density at radius 3 is 2.76 bits per heavy atom. The van der Waals surface area contributed by atoms with Gasteiger partial charge in [0.25, 0.3) is 5.91 Å². The van der Waals surface area contributed by atoms with Crippen LogP contribution < -0.4 is 14.4 Å². The highest BCUT2D eigenvalue weighted by atomic mass is 35.5. The largest absolute Gasteiger partial charge is 0.490 e. The third-order valence-corrected chi connectivity index (χ3v) is 11.2. The van der Waals surface area contributed by atoms with Crippen molar-refractivity contribution in [3.63, 3.8) is 0 Å². The van der Waals surface area contributed by atoms with Crippen molar-refractivity contribution in [2.75, 3.05) is 30.3 Å². The number of hydrogen-bond acceptors (Lipinski definition) is 6. The van der Waals surface area contributed by atoms with Gasteiger partial charge in [-0.05, 0) is 97.7 Å². The number of nitrogens with one attached hydrogen (secondary N) is 1. The number of halogens is 1. The second-order valence-electron chi connectivity index (χ2n) is 12.4. The second-order valence-corrected chi connectivity index (χ2v) is 14.7. The number of aryl methyl sites for hydroxylation is 1. The van der Waals surface area contributed by atoms with Gasteiger partial charge in [0.1, 0.15) is 5.75 Å². The molecule has 1 aliphatic heterocycles. The molecule has 42 heavy (non-hydrogen) atoms. The lowest BCUT2D eigenvalue weighted by atomic mass is 9.57. The fourth-order valence-electron chi connectivity index (χ4n) is 6.98. The Bertz CT molecular complexity index is 1480. The standard InChI is InChI=1S/C33H41ClN2O5S/c1-4-6-17-42(39,40)35-31(38)24-10-13-29-28(19-24)36(20-25-14-16-32(25,3)30(37)8-5-2)21-33(22-41-29)15-7-9-23-18-26(34)11-12-27(23)33/h4-5,10-13,18-19,25,30,37H,1-2,6-9,14-17,20-22H2,3H3,(H,35,38)/t25-,30+,32-,33?/m1/s1. The van der Waals surface area contributed by atoms with Crippen molar-refractivity contribution in [2.24, 2.45) is 11.3 Å². The SMILES string of the molecule is C=CCCS(=O)(=O)NC(=O)c1ccc2c(c1)N(C[C@H]1CC[C@@]1(C)[C@@H](O)CC=C)CC1(CCCc3cc(Cl)ccc31)CO2. The molecule has 1 saturated carbocycles. The van der Waals surface area contributed by atoms with E-state index in [4.69, 9.17) is 16.3 Å². The summed E-state index contributed by atoms with van der Waals surface area (Å²) in [7, 11) is -3.80. The minimum absolute atomic E-state index is 0.207. The first-order chi connectivity index (χ1) is 20.0. The van der Waals surface area contributed by atoms with E-state index in [0.717, 1.165) is 42.8 Å². The van der Waals surface area contributed by atoms with Crippen LogP contribution in [0.5, 0.6) is 5.75 Å². The van der Waals surface area contributed by atoms with Crippen LogP contribution >= 0.6 is 11.6 Å². The molecule has 226 valence electrons. The molecule has 0 saturated heterocycles. The Balaban J connectivity index is 1.52. The second kappa shape index (κ2) is 12.1. The minimum atomic E-state index is -3.80. The van der Waals surface area contributed by atoms with Gasteiger partial charge < -0.3 is 14.7 Å². The van der Waals surface area contributed by atoms with Crippen molar-refractivity contribution in [1.82, 2.24) is 4.72 Å². The van der Waals surface area contributed by atoms with E-state index >= 15 is 0 Å². The summed E-state index contributed by atoms with van der Waals surface area (Å²) in [6.07, 6.45) is 8.42. The Morgan fingerprint density at radius 1 is 1.24 bits per heavy atom. The van der Waals surface area contributed by atoms with Crippen molar-refractivity contribution in [2.45, 2.75) is 63.4 Å². The Hall–Kier alpha value is -2.81. The van der Waals surface area contributed by atoms with Crippen molar-refractivity contribution < 1.29 is 23.1 Å². The first-order valence-electron chi connectivity index (χ1n) is 14.8. The van der Waals surface area contributed by atoms with Crippen LogP contribution in [0.2, 0.25) is 5.02 Å². The molecule has 9 heteroatoms. The molecule has 1 heterocycles. The molecule has 0 aromatic heterocycles. The Kier molecular flexibility index (Phi) is 8.80. The summed E-state index contributed by atoms with van der Waals surface area (Å²) in [6, 6.07) is 11.3. The zero-order valence-corrected chi connectivity index (χ0v) is 25.9. The van der Waals surface area contributed by atoms with Gasteiger partial charge in [-0.2, -0.15) is 0 Å². The lowest BCUT2D eigenvalue weighted by molar-refractivity contribution is -0.0695. The molecule has 2 aliphatic carbocycles. The number of benzene rings is 2. The van der Waals surface area contributed by atoms with Gasteiger partial charge in [-0.1, -0.05) is 36.7 Å². The van der Waals surface area contributed by atoms with Crippen molar-refractivity contribution >= 4 is 33.2 Å². The molecular formula is C33H41ClN2O5S. The van der Waals surface area contributed by atoms with Gasteiger partial charge in [0.15, 0.2) is 0 Å². The third-order valence-electron chi connectivity index (χ3n) is 9.69. The van der Waals surface area contributed by atoms with E-state index in [-0.39, 0.29) is 34.5 Å². The molecule has 1 amide bonds. The predicted molar refractivity (Wildman–Crippen MR) is 168 cm³/mol. The van der Waals surface area contributed by atoms with Crippen LogP contribution in [0.3, 0.4) is 0 Å². The van der Waals surface area contributed by atoms with Crippen LogP contribution in [0.15, 0.2) is 61.7 Å². The molecule has 5 rings (SSSR count). The first kappa shape index (κ1) is 30.6.